The van der Waals surface area contributed by atoms with E-state index in [0.29, 0.717) is 17.1 Å². The van der Waals surface area contributed by atoms with Gasteiger partial charge in [0.05, 0.1) is 23.1 Å². The molecule has 0 radical (unpaired) electrons. The Hall–Kier alpha value is -3.74. The smallest absolute Gasteiger partial charge is 0.276 e. The maximum absolute atomic E-state index is 12.6. The number of rotatable bonds is 3. The highest BCUT2D eigenvalue weighted by atomic mass is 16.1. The van der Waals surface area contributed by atoms with E-state index in [9.17, 15) is 4.79 Å². The van der Waals surface area contributed by atoms with Crippen LogP contribution in [-0.2, 0) is 0 Å². The van der Waals surface area contributed by atoms with Crippen LogP contribution in [0.5, 0.6) is 0 Å². The van der Waals surface area contributed by atoms with Crippen molar-refractivity contribution in [2.45, 2.75) is 6.92 Å². The van der Waals surface area contributed by atoms with Crippen LogP contribution < -0.4 is 11.1 Å². The van der Waals surface area contributed by atoms with Gasteiger partial charge in [0.2, 0.25) is 0 Å². The van der Waals surface area contributed by atoms with Crippen molar-refractivity contribution in [3.63, 3.8) is 0 Å². The minimum absolute atomic E-state index is 0.301. The predicted octanol–water partition coefficient (Wildman–Crippen LogP) is 3.16. The number of aromatic amines is 1. The van der Waals surface area contributed by atoms with Gasteiger partial charge in [-0.3, -0.25) is 19.9 Å². The molecule has 4 N–H and O–H groups in total. The average Bonchev–Trinajstić information content (AvgIpc) is 3.07. The van der Waals surface area contributed by atoms with E-state index in [4.69, 9.17) is 5.73 Å². The van der Waals surface area contributed by atoms with Crippen molar-refractivity contribution in [3.8, 4) is 11.1 Å². The lowest BCUT2D eigenvalue weighted by atomic mass is 10.0. The third-order valence-corrected chi connectivity index (χ3v) is 4.04. The number of benzene rings is 1. The zero-order chi connectivity index (χ0) is 18.1. The molecule has 7 heteroatoms. The van der Waals surface area contributed by atoms with Gasteiger partial charge in [-0.1, -0.05) is 6.07 Å². The molecule has 0 saturated carbocycles. The molecule has 0 aliphatic heterocycles. The Kier molecular flexibility index (Phi) is 3.81. The number of anilines is 2. The Morgan fingerprint density at radius 2 is 1.96 bits per heavy atom. The number of nitrogens with two attached hydrogens (primary N) is 1. The van der Waals surface area contributed by atoms with E-state index in [1.54, 1.807) is 24.7 Å². The Balaban J connectivity index is 1.70. The molecule has 0 bridgehead atoms. The number of fused-ring (bicyclic) bond motifs is 1. The van der Waals surface area contributed by atoms with Gasteiger partial charge in [-0.2, -0.15) is 5.10 Å². The molecule has 3 heterocycles. The second kappa shape index (κ2) is 6.29. The summed E-state index contributed by atoms with van der Waals surface area (Å²) in [7, 11) is 0. The lowest BCUT2D eigenvalue weighted by molar-refractivity contribution is 0.102. The molecule has 7 nitrogen and oxygen atoms in total. The first-order chi connectivity index (χ1) is 12.6. The molecule has 0 aliphatic carbocycles. The van der Waals surface area contributed by atoms with Crippen molar-refractivity contribution < 1.29 is 4.79 Å². The summed E-state index contributed by atoms with van der Waals surface area (Å²) in [6.45, 7) is 1.89. The van der Waals surface area contributed by atoms with Gasteiger partial charge in [-0.15, -0.1) is 0 Å². The molecule has 0 unspecified atom stereocenters. The average molecular weight is 344 g/mol. The topological polar surface area (TPSA) is 110 Å². The first-order valence-electron chi connectivity index (χ1n) is 8.03. The van der Waals surface area contributed by atoms with Crippen molar-refractivity contribution in [1.29, 1.82) is 0 Å². The van der Waals surface area contributed by atoms with E-state index >= 15 is 0 Å². The van der Waals surface area contributed by atoms with Gasteiger partial charge >= 0.3 is 0 Å². The molecule has 26 heavy (non-hydrogen) atoms. The molecule has 4 rings (SSSR count). The maximum Gasteiger partial charge on any atom is 0.276 e. The first-order valence-corrected chi connectivity index (χ1v) is 8.03. The lowest BCUT2D eigenvalue weighted by Gasteiger charge is -2.05. The van der Waals surface area contributed by atoms with Crippen molar-refractivity contribution in [2.75, 3.05) is 11.1 Å². The number of amides is 1. The van der Waals surface area contributed by atoms with E-state index in [2.05, 4.69) is 25.5 Å². The van der Waals surface area contributed by atoms with Gasteiger partial charge in [0.25, 0.3) is 5.91 Å². The molecule has 0 spiro atoms. The third-order valence-electron chi connectivity index (χ3n) is 4.04. The molecular weight excluding hydrogens is 328 g/mol. The minimum atomic E-state index is -0.301. The number of carbonyl (C=O) groups is 1. The van der Waals surface area contributed by atoms with Crippen molar-refractivity contribution in [1.82, 2.24) is 20.2 Å². The van der Waals surface area contributed by atoms with E-state index in [-0.39, 0.29) is 5.91 Å². The second-order valence-electron chi connectivity index (χ2n) is 5.98. The Morgan fingerprint density at radius 1 is 1.08 bits per heavy atom. The largest absolute Gasteiger partial charge is 0.397 e. The highest BCUT2D eigenvalue weighted by Crippen LogP contribution is 2.26. The molecule has 4 aromatic rings. The first kappa shape index (κ1) is 15.8. The summed E-state index contributed by atoms with van der Waals surface area (Å²) in [5.74, 6) is -0.301. The fourth-order valence-electron chi connectivity index (χ4n) is 2.71. The quantitative estimate of drug-likeness (QED) is 0.529. The number of nitrogen functional groups attached to an aromatic ring is 1. The summed E-state index contributed by atoms with van der Waals surface area (Å²) in [5, 5.41) is 10.6. The molecule has 0 saturated heterocycles. The van der Waals surface area contributed by atoms with Crippen LogP contribution in [0.3, 0.4) is 0 Å². The highest BCUT2D eigenvalue weighted by Gasteiger charge is 2.15. The van der Waals surface area contributed by atoms with Crippen LogP contribution >= 0.6 is 0 Å². The molecule has 0 aliphatic rings. The number of H-pyrrole nitrogens is 1. The van der Waals surface area contributed by atoms with Crippen molar-refractivity contribution in [3.05, 3.63) is 66.4 Å². The zero-order valence-electron chi connectivity index (χ0n) is 14.0. The van der Waals surface area contributed by atoms with Gasteiger partial charge in [0.15, 0.2) is 5.69 Å². The van der Waals surface area contributed by atoms with Gasteiger partial charge in [0, 0.05) is 29.0 Å². The normalized spacial score (nSPS) is 10.8. The summed E-state index contributed by atoms with van der Waals surface area (Å²) in [5.41, 5.74) is 10.8. The Bertz CT molecular complexity index is 1100. The molecule has 0 atom stereocenters. The number of hydrogen-bond acceptors (Lipinski definition) is 5. The molecular formula is C19H16N6O. The van der Waals surface area contributed by atoms with Gasteiger partial charge in [-0.05, 0) is 42.8 Å². The van der Waals surface area contributed by atoms with Crippen LogP contribution in [0, 0.1) is 6.92 Å². The van der Waals surface area contributed by atoms with Crippen LogP contribution in [0.4, 0.5) is 11.4 Å². The number of aryl methyl sites for hydroxylation is 1. The maximum atomic E-state index is 12.6. The number of nitrogens with zero attached hydrogens (tertiary/aromatic N) is 3. The zero-order valence-corrected chi connectivity index (χ0v) is 14.0. The number of aromatic nitrogens is 4. The van der Waals surface area contributed by atoms with Crippen LogP contribution in [0.15, 0.2) is 55.0 Å². The number of pyridine rings is 2. The Morgan fingerprint density at radius 3 is 2.73 bits per heavy atom. The van der Waals surface area contributed by atoms with Crippen LogP contribution in [0.2, 0.25) is 0 Å². The van der Waals surface area contributed by atoms with Gasteiger partial charge < -0.3 is 11.1 Å². The van der Waals surface area contributed by atoms with Crippen LogP contribution in [-0.4, -0.2) is 26.1 Å². The lowest BCUT2D eigenvalue weighted by Crippen LogP contribution is -2.13. The molecule has 0 fully saturated rings. The summed E-state index contributed by atoms with van der Waals surface area (Å²) < 4.78 is 0. The second-order valence-corrected chi connectivity index (χ2v) is 5.98. The third kappa shape index (κ3) is 2.98. The SMILES string of the molecule is Cc1ccc(NC(=O)c2n[nH]c3ccc(-c4cncc(N)c4)cc23)cn1. The molecule has 3 aromatic heterocycles. The summed E-state index contributed by atoms with van der Waals surface area (Å²) in [6.07, 6.45) is 4.94. The standard InChI is InChI=1S/C19H16N6O/c1-11-2-4-15(10-22-11)23-19(26)18-16-7-12(3-5-17(16)24-25-18)13-6-14(20)9-21-8-13/h2-10H,20H2,1H3,(H,23,26)(H,24,25). The van der Waals surface area contributed by atoms with E-state index < -0.39 is 0 Å². The fourth-order valence-corrected chi connectivity index (χ4v) is 2.71. The molecule has 128 valence electrons. The van der Waals surface area contributed by atoms with E-state index in [1.807, 2.05) is 37.3 Å². The van der Waals surface area contributed by atoms with Crippen molar-refractivity contribution >= 4 is 28.2 Å². The monoisotopic (exact) mass is 344 g/mol. The highest BCUT2D eigenvalue weighted by molar-refractivity contribution is 6.11. The number of carbonyl (C=O) groups excluding carboxylic acids is 1. The fraction of sp³-hybridized carbons (Fsp3) is 0.0526. The number of nitrogens with one attached hydrogen (secondary N) is 2. The van der Waals surface area contributed by atoms with Crippen LogP contribution in [0.1, 0.15) is 16.2 Å². The van der Waals surface area contributed by atoms with Crippen molar-refractivity contribution in [2.24, 2.45) is 0 Å². The Labute approximate surface area is 149 Å². The molecule has 1 aromatic carbocycles. The van der Waals surface area contributed by atoms with E-state index in [0.717, 1.165) is 27.7 Å². The summed E-state index contributed by atoms with van der Waals surface area (Å²) in [4.78, 5) is 20.9. The molecule has 1 amide bonds. The number of hydrogen-bond donors (Lipinski definition) is 3. The summed E-state index contributed by atoms with van der Waals surface area (Å²) >= 11 is 0. The van der Waals surface area contributed by atoms with Gasteiger partial charge in [-0.25, -0.2) is 0 Å². The summed E-state index contributed by atoms with van der Waals surface area (Å²) in [6, 6.07) is 11.2. The predicted molar refractivity (Wildman–Crippen MR) is 101 cm³/mol. The minimum Gasteiger partial charge on any atom is -0.397 e. The van der Waals surface area contributed by atoms with Crippen LogP contribution in [0.25, 0.3) is 22.0 Å². The van der Waals surface area contributed by atoms with Gasteiger partial charge in [0.1, 0.15) is 0 Å². The van der Waals surface area contributed by atoms with E-state index in [1.165, 1.54) is 0 Å².